The van der Waals surface area contributed by atoms with Gasteiger partial charge in [-0.15, -0.1) is 0 Å². The van der Waals surface area contributed by atoms with Crippen LogP contribution in [0.2, 0.25) is 0 Å². The molecule has 0 atom stereocenters. The molecule has 0 unspecified atom stereocenters. The Balaban J connectivity index is 1.55. The maximum atomic E-state index is 5.50. The minimum atomic E-state index is 0.707. The predicted octanol–water partition coefficient (Wildman–Crippen LogP) is 2.18. The summed E-state index contributed by atoms with van der Waals surface area (Å²) in [6.07, 6.45) is 2.90. The van der Waals surface area contributed by atoms with Gasteiger partial charge in [-0.2, -0.15) is 4.98 Å². The van der Waals surface area contributed by atoms with Crippen LogP contribution < -0.4 is 19.9 Å². The quantitative estimate of drug-likeness (QED) is 0.715. The molecule has 1 N–H and O–H groups in total. The number of hydrogen-bond acceptors (Lipinski definition) is 7. The lowest BCUT2D eigenvalue weighted by atomic mass is 10.2. The molecule has 2 aromatic rings. The fourth-order valence-corrected chi connectivity index (χ4v) is 3.27. The first kappa shape index (κ1) is 19.2. The summed E-state index contributed by atoms with van der Waals surface area (Å²) < 4.78 is 5.50. The highest BCUT2D eigenvalue weighted by Crippen LogP contribution is 2.29. The molecule has 1 fully saturated rings. The van der Waals surface area contributed by atoms with Gasteiger partial charge in [0, 0.05) is 38.9 Å². The minimum Gasteiger partial charge on any atom is -0.495 e. The van der Waals surface area contributed by atoms with E-state index in [0.717, 1.165) is 62.9 Å². The zero-order valence-corrected chi connectivity index (χ0v) is 16.6. The Kier molecular flexibility index (Phi) is 6.70. The summed E-state index contributed by atoms with van der Waals surface area (Å²) in [5.41, 5.74) is 1.16. The van der Waals surface area contributed by atoms with Gasteiger partial charge in [0.05, 0.1) is 12.8 Å². The maximum Gasteiger partial charge on any atom is 0.224 e. The largest absolute Gasteiger partial charge is 0.495 e. The van der Waals surface area contributed by atoms with E-state index in [1.807, 2.05) is 24.4 Å². The number of anilines is 3. The van der Waals surface area contributed by atoms with Gasteiger partial charge in [-0.25, -0.2) is 4.98 Å². The third kappa shape index (κ3) is 5.23. The van der Waals surface area contributed by atoms with Gasteiger partial charge in [-0.05, 0) is 45.3 Å². The third-order valence-electron chi connectivity index (χ3n) is 4.74. The van der Waals surface area contributed by atoms with Crippen LogP contribution in [-0.2, 0) is 0 Å². The topological polar surface area (TPSA) is 56.8 Å². The van der Waals surface area contributed by atoms with Crippen molar-refractivity contribution in [3.8, 4) is 5.75 Å². The Morgan fingerprint density at radius 1 is 1.07 bits per heavy atom. The zero-order chi connectivity index (χ0) is 19.1. The molecule has 1 saturated heterocycles. The Bertz CT molecular complexity index is 715. The molecular formula is C20H30N6O. The van der Waals surface area contributed by atoms with Crippen LogP contribution in [0.3, 0.4) is 0 Å². The standard InChI is InChI=1S/C20H30N6O/c1-24(2)12-6-10-21-20-22-11-9-19(23-20)26-15-13-25(14-16-26)17-7-4-5-8-18(17)27-3/h4-5,7-9,11H,6,10,12-16H2,1-3H3,(H,21,22,23). The van der Waals surface area contributed by atoms with Crippen LogP contribution >= 0.6 is 0 Å². The van der Waals surface area contributed by atoms with Gasteiger partial charge in [0.1, 0.15) is 11.6 Å². The summed E-state index contributed by atoms with van der Waals surface area (Å²) in [6.45, 7) is 5.66. The van der Waals surface area contributed by atoms with E-state index in [9.17, 15) is 0 Å². The molecular weight excluding hydrogens is 340 g/mol. The summed E-state index contributed by atoms with van der Waals surface area (Å²) >= 11 is 0. The summed E-state index contributed by atoms with van der Waals surface area (Å²) in [5.74, 6) is 2.62. The monoisotopic (exact) mass is 370 g/mol. The van der Waals surface area contributed by atoms with Crippen LogP contribution in [0.15, 0.2) is 36.5 Å². The van der Waals surface area contributed by atoms with Crippen molar-refractivity contribution in [2.24, 2.45) is 0 Å². The zero-order valence-electron chi connectivity index (χ0n) is 16.6. The van der Waals surface area contributed by atoms with Gasteiger partial charge in [-0.1, -0.05) is 12.1 Å². The van der Waals surface area contributed by atoms with Crippen molar-refractivity contribution in [2.75, 3.05) is 75.6 Å². The van der Waals surface area contributed by atoms with Gasteiger partial charge in [-0.3, -0.25) is 0 Å². The summed E-state index contributed by atoms with van der Waals surface area (Å²) in [7, 11) is 5.90. The van der Waals surface area contributed by atoms with Crippen molar-refractivity contribution in [1.82, 2.24) is 14.9 Å². The molecule has 2 heterocycles. The van der Waals surface area contributed by atoms with Gasteiger partial charge in [0.2, 0.25) is 5.95 Å². The Hall–Kier alpha value is -2.54. The molecule has 1 aliphatic rings. The van der Waals surface area contributed by atoms with E-state index in [1.165, 1.54) is 0 Å². The van der Waals surface area contributed by atoms with Crippen LogP contribution in [0.25, 0.3) is 0 Å². The fourth-order valence-electron chi connectivity index (χ4n) is 3.27. The van der Waals surface area contributed by atoms with Gasteiger partial charge < -0.3 is 24.8 Å². The van der Waals surface area contributed by atoms with Crippen LogP contribution in [0.4, 0.5) is 17.5 Å². The van der Waals surface area contributed by atoms with Crippen molar-refractivity contribution in [3.63, 3.8) is 0 Å². The lowest BCUT2D eigenvalue weighted by Crippen LogP contribution is -2.47. The van der Waals surface area contributed by atoms with Gasteiger partial charge in [0.25, 0.3) is 0 Å². The van der Waals surface area contributed by atoms with E-state index in [4.69, 9.17) is 9.72 Å². The van der Waals surface area contributed by atoms with Crippen molar-refractivity contribution >= 4 is 17.5 Å². The number of piperazine rings is 1. The molecule has 7 nitrogen and oxygen atoms in total. The number of hydrogen-bond donors (Lipinski definition) is 1. The fraction of sp³-hybridized carbons (Fsp3) is 0.500. The molecule has 1 aromatic carbocycles. The minimum absolute atomic E-state index is 0.707. The highest BCUT2D eigenvalue weighted by Gasteiger charge is 2.20. The normalized spacial score (nSPS) is 14.5. The number of nitrogens with one attached hydrogen (secondary N) is 1. The second-order valence-electron chi connectivity index (χ2n) is 6.97. The number of aromatic nitrogens is 2. The molecule has 1 aromatic heterocycles. The van der Waals surface area contributed by atoms with Crippen molar-refractivity contribution in [3.05, 3.63) is 36.5 Å². The lowest BCUT2D eigenvalue weighted by molar-refractivity contribution is 0.405. The smallest absolute Gasteiger partial charge is 0.224 e. The number of para-hydroxylation sites is 2. The third-order valence-corrected chi connectivity index (χ3v) is 4.74. The molecule has 1 aliphatic heterocycles. The Labute approximate surface area is 162 Å². The molecule has 0 bridgehead atoms. The van der Waals surface area contributed by atoms with E-state index in [-0.39, 0.29) is 0 Å². The molecule has 3 rings (SSSR count). The van der Waals surface area contributed by atoms with E-state index in [0.29, 0.717) is 5.95 Å². The molecule has 146 valence electrons. The summed E-state index contributed by atoms with van der Waals surface area (Å²) in [4.78, 5) is 15.9. The number of ether oxygens (including phenoxy) is 1. The SMILES string of the molecule is COc1ccccc1N1CCN(c2ccnc(NCCCN(C)C)n2)CC1. The molecule has 0 spiro atoms. The van der Waals surface area contributed by atoms with Gasteiger partial charge >= 0.3 is 0 Å². The van der Waals surface area contributed by atoms with Crippen molar-refractivity contribution < 1.29 is 4.74 Å². The van der Waals surface area contributed by atoms with Crippen molar-refractivity contribution in [1.29, 1.82) is 0 Å². The molecule has 0 amide bonds. The predicted molar refractivity (Wildman–Crippen MR) is 111 cm³/mol. The van der Waals surface area contributed by atoms with Crippen LogP contribution in [-0.4, -0.2) is 75.3 Å². The number of nitrogens with zero attached hydrogens (tertiary/aromatic N) is 5. The Morgan fingerprint density at radius 2 is 1.81 bits per heavy atom. The molecule has 0 aliphatic carbocycles. The van der Waals surface area contributed by atoms with Crippen LogP contribution in [0.5, 0.6) is 5.75 Å². The average Bonchev–Trinajstić information content (AvgIpc) is 2.71. The molecule has 0 saturated carbocycles. The average molecular weight is 371 g/mol. The first-order chi connectivity index (χ1) is 13.2. The summed E-state index contributed by atoms with van der Waals surface area (Å²) in [5, 5.41) is 3.33. The second-order valence-corrected chi connectivity index (χ2v) is 6.97. The molecule has 0 radical (unpaired) electrons. The van der Waals surface area contributed by atoms with Crippen LogP contribution in [0.1, 0.15) is 6.42 Å². The summed E-state index contributed by atoms with van der Waals surface area (Å²) in [6, 6.07) is 10.2. The second kappa shape index (κ2) is 9.41. The van der Waals surface area contributed by atoms with Crippen LogP contribution in [0, 0.1) is 0 Å². The Morgan fingerprint density at radius 3 is 2.56 bits per heavy atom. The molecule has 27 heavy (non-hydrogen) atoms. The number of rotatable bonds is 8. The molecule has 7 heteroatoms. The number of methoxy groups -OCH3 is 1. The highest BCUT2D eigenvalue weighted by atomic mass is 16.5. The maximum absolute atomic E-state index is 5.50. The van der Waals surface area contributed by atoms with E-state index >= 15 is 0 Å². The lowest BCUT2D eigenvalue weighted by Gasteiger charge is -2.37. The van der Waals surface area contributed by atoms with E-state index in [2.05, 4.69) is 51.2 Å². The van der Waals surface area contributed by atoms with Gasteiger partial charge in [0.15, 0.2) is 0 Å². The van der Waals surface area contributed by atoms with E-state index < -0.39 is 0 Å². The first-order valence-electron chi connectivity index (χ1n) is 9.52. The van der Waals surface area contributed by atoms with Crippen molar-refractivity contribution in [2.45, 2.75) is 6.42 Å². The van der Waals surface area contributed by atoms with E-state index in [1.54, 1.807) is 7.11 Å². The first-order valence-corrected chi connectivity index (χ1v) is 9.52. The highest BCUT2D eigenvalue weighted by molar-refractivity contribution is 5.59. The number of benzene rings is 1.